The van der Waals surface area contributed by atoms with Gasteiger partial charge in [0, 0.05) is 0 Å². The highest BCUT2D eigenvalue weighted by molar-refractivity contribution is 5.48. The molecule has 0 spiro atoms. The van der Waals surface area contributed by atoms with E-state index in [1.807, 2.05) is 7.11 Å². The van der Waals surface area contributed by atoms with Crippen molar-refractivity contribution in [1.82, 2.24) is 5.32 Å². The van der Waals surface area contributed by atoms with Crippen LogP contribution < -0.4 is 10.1 Å². The zero-order valence-electron chi connectivity index (χ0n) is 12.0. The predicted octanol–water partition coefficient (Wildman–Crippen LogP) is 3.12. The van der Waals surface area contributed by atoms with E-state index in [-0.39, 0.29) is 0 Å². The van der Waals surface area contributed by atoms with Gasteiger partial charge in [0.1, 0.15) is 5.75 Å². The van der Waals surface area contributed by atoms with Crippen LogP contribution >= 0.6 is 0 Å². The van der Waals surface area contributed by atoms with Gasteiger partial charge in [-0.25, -0.2) is 0 Å². The Hall–Kier alpha value is -1.02. The molecule has 1 saturated heterocycles. The van der Waals surface area contributed by atoms with E-state index < -0.39 is 0 Å². The molecule has 2 heteroatoms. The van der Waals surface area contributed by atoms with Gasteiger partial charge in [0.05, 0.1) is 7.11 Å². The largest absolute Gasteiger partial charge is 0.496 e. The highest BCUT2D eigenvalue weighted by atomic mass is 16.5. The van der Waals surface area contributed by atoms with Crippen LogP contribution in [0, 0.1) is 5.92 Å². The molecule has 1 aromatic carbocycles. The summed E-state index contributed by atoms with van der Waals surface area (Å²) in [7, 11) is 1.84. The number of piperidine rings is 1. The fourth-order valence-electron chi connectivity index (χ4n) is 3.67. The predicted molar refractivity (Wildman–Crippen MR) is 78.9 cm³/mol. The first-order valence-electron chi connectivity index (χ1n) is 7.77. The van der Waals surface area contributed by atoms with Crippen LogP contribution in [0.25, 0.3) is 0 Å². The number of hydrogen-bond acceptors (Lipinski definition) is 2. The number of rotatable bonds is 3. The van der Waals surface area contributed by atoms with Crippen molar-refractivity contribution in [2.45, 2.75) is 44.9 Å². The minimum atomic E-state index is 0.782. The molecule has 19 heavy (non-hydrogen) atoms. The van der Waals surface area contributed by atoms with Crippen LogP contribution in [-0.2, 0) is 19.3 Å². The Morgan fingerprint density at radius 2 is 2.11 bits per heavy atom. The molecule has 0 radical (unpaired) electrons. The fraction of sp³-hybridized carbons (Fsp3) is 0.647. The average molecular weight is 259 g/mol. The Morgan fingerprint density at radius 1 is 1.21 bits per heavy atom. The Kier molecular flexibility index (Phi) is 4.07. The normalized spacial score (nSPS) is 22.9. The maximum atomic E-state index is 5.76. The Morgan fingerprint density at radius 3 is 2.89 bits per heavy atom. The van der Waals surface area contributed by atoms with Gasteiger partial charge in [0.2, 0.25) is 0 Å². The van der Waals surface area contributed by atoms with Crippen LogP contribution in [0.5, 0.6) is 5.75 Å². The Bertz CT molecular complexity index is 435. The van der Waals surface area contributed by atoms with Crippen LogP contribution in [0.3, 0.4) is 0 Å². The van der Waals surface area contributed by atoms with Gasteiger partial charge < -0.3 is 10.1 Å². The molecular formula is C17H25NO. The monoisotopic (exact) mass is 259 g/mol. The first-order chi connectivity index (χ1) is 9.38. The molecule has 0 bridgehead atoms. The molecule has 0 amide bonds. The molecule has 0 saturated carbocycles. The van der Waals surface area contributed by atoms with E-state index in [0.29, 0.717) is 0 Å². The van der Waals surface area contributed by atoms with E-state index in [9.17, 15) is 0 Å². The summed E-state index contributed by atoms with van der Waals surface area (Å²) in [5.74, 6) is 1.98. The van der Waals surface area contributed by atoms with Crippen molar-refractivity contribution in [2.24, 2.45) is 5.92 Å². The molecule has 2 nitrogen and oxygen atoms in total. The lowest BCUT2D eigenvalue weighted by Crippen LogP contribution is -2.31. The molecule has 1 fully saturated rings. The zero-order chi connectivity index (χ0) is 13.1. The summed E-state index contributed by atoms with van der Waals surface area (Å²) in [6.45, 7) is 2.36. The minimum Gasteiger partial charge on any atom is -0.496 e. The summed E-state index contributed by atoms with van der Waals surface area (Å²) < 4.78 is 5.76. The van der Waals surface area contributed by atoms with Crippen molar-refractivity contribution in [1.29, 1.82) is 0 Å². The lowest BCUT2D eigenvalue weighted by Gasteiger charge is -2.26. The molecule has 1 aliphatic carbocycles. The summed E-state index contributed by atoms with van der Waals surface area (Å²) >= 11 is 0. The van der Waals surface area contributed by atoms with Crippen LogP contribution in [-0.4, -0.2) is 20.2 Å². The van der Waals surface area contributed by atoms with Crippen molar-refractivity contribution in [2.75, 3.05) is 20.2 Å². The standard InChI is InChI=1S/C17H25NO/c1-19-17-15(11-13-5-4-10-18-12-13)9-8-14-6-2-3-7-16(14)17/h8-9,13,18H,2-7,10-12H2,1H3. The van der Waals surface area contributed by atoms with E-state index in [0.717, 1.165) is 5.92 Å². The molecule has 1 heterocycles. The summed E-state index contributed by atoms with van der Waals surface area (Å²) in [6, 6.07) is 4.67. The van der Waals surface area contributed by atoms with Crippen molar-refractivity contribution in [3.8, 4) is 5.75 Å². The topological polar surface area (TPSA) is 21.3 Å². The van der Waals surface area contributed by atoms with Crippen molar-refractivity contribution < 1.29 is 4.74 Å². The van der Waals surface area contributed by atoms with Crippen LogP contribution in [0.2, 0.25) is 0 Å². The number of methoxy groups -OCH3 is 1. The first-order valence-corrected chi connectivity index (χ1v) is 7.77. The SMILES string of the molecule is COc1c(CC2CCCNC2)ccc2c1CCCC2. The second kappa shape index (κ2) is 5.96. The molecular weight excluding hydrogens is 234 g/mol. The summed E-state index contributed by atoms with van der Waals surface area (Å²) in [5.41, 5.74) is 4.44. The molecule has 1 aliphatic heterocycles. The number of benzene rings is 1. The number of ether oxygens (including phenoxy) is 1. The molecule has 0 aromatic heterocycles. The quantitative estimate of drug-likeness (QED) is 0.900. The van der Waals surface area contributed by atoms with E-state index in [1.54, 1.807) is 0 Å². The molecule has 1 aromatic rings. The summed E-state index contributed by atoms with van der Waals surface area (Å²) in [5, 5.41) is 3.51. The third kappa shape index (κ3) is 2.79. The lowest BCUT2D eigenvalue weighted by atomic mass is 9.86. The number of nitrogens with one attached hydrogen (secondary N) is 1. The molecule has 104 valence electrons. The Labute approximate surface area is 116 Å². The van der Waals surface area contributed by atoms with Crippen molar-refractivity contribution in [3.05, 3.63) is 28.8 Å². The molecule has 1 unspecified atom stereocenters. The Balaban J connectivity index is 1.83. The first kappa shape index (κ1) is 13.0. The van der Waals surface area contributed by atoms with E-state index in [1.165, 1.54) is 80.5 Å². The highest BCUT2D eigenvalue weighted by Crippen LogP contribution is 2.34. The van der Waals surface area contributed by atoms with Gasteiger partial charge >= 0.3 is 0 Å². The van der Waals surface area contributed by atoms with Gasteiger partial charge in [-0.15, -0.1) is 0 Å². The van der Waals surface area contributed by atoms with Gasteiger partial charge in [-0.05, 0) is 80.6 Å². The summed E-state index contributed by atoms with van der Waals surface area (Å²) in [4.78, 5) is 0. The van der Waals surface area contributed by atoms with Gasteiger partial charge in [-0.2, -0.15) is 0 Å². The smallest absolute Gasteiger partial charge is 0.125 e. The van der Waals surface area contributed by atoms with Crippen LogP contribution in [0.15, 0.2) is 12.1 Å². The molecule has 1 N–H and O–H groups in total. The average Bonchev–Trinajstić information content (AvgIpc) is 2.48. The second-order valence-corrected chi connectivity index (χ2v) is 6.02. The van der Waals surface area contributed by atoms with Crippen LogP contribution in [0.4, 0.5) is 0 Å². The number of aryl methyl sites for hydroxylation is 1. The van der Waals surface area contributed by atoms with Crippen molar-refractivity contribution in [3.63, 3.8) is 0 Å². The third-order valence-electron chi connectivity index (χ3n) is 4.67. The van der Waals surface area contributed by atoms with Gasteiger partial charge in [-0.3, -0.25) is 0 Å². The molecule has 2 aliphatic rings. The van der Waals surface area contributed by atoms with Crippen molar-refractivity contribution >= 4 is 0 Å². The van der Waals surface area contributed by atoms with Gasteiger partial charge in [-0.1, -0.05) is 12.1 Å². The number of fused-ring (bicyclic) bond motifs is 1. The fourth-order valence-corrected chi connectivity index (χ4v) is 3.67. The van der Waals surface area contributed by atoms with E-state index >= 15 is 0 Å². The molecule has 1 atom stereocenters. The van der Waals surface area contributed by atoms with Gasteiger partial charge in [0.15, 0.2) is 0 Å². The van der Waals surface area contributed by atoms with E-state index in [2.05, 4.69) is 17.4 Å². The van der Waals surface area contributed by atoms with Crippen LogP contribution in [0.1, 0.15) is 42.4 Å². The minimum absolute atomic E-state index is 0.782. The lowest BCUT2D eigenvalue weighted by molar-refractivity contribution is 0.361. The van der Waals surface area contributed by atoms with E-state index in [4.69, 9.17) is 4.74 Å². The maximum absolute atomic E-state index is 5.76. The zero-order valence-corrected chi connectivity index (χ0v) is 12.0. The third-order valence-corrected chi connectivity index (χ3v) is 4.67. The summed E-state index contributed by atoms with van der Waals surface area (Å²) in [6.07, 6.45) is 8.93. The maximum Gasteiger partial charge on any atom is 0.125 e. The number of hydrogen-bond donors (Lipinski definition) is 1. The molecule has 3 rings (SSSR count). The van der Waals surface area contributed by atoms with Gasteiger partial charge in [0.25, 0.3) is 0 Å². The second-order valence-electron chi connectivity index (χ2n) is 6.02. The highest BCUT2D eigenvalue weighted by Gasteiger charge is 2.20.